The minimum absolute atomic E-state index is 0.368. The van der Waals surface area contributed by atoms with Crippen molar-refractivity contribution in [2.75, 3.05) is 0 Å². The third-order valence-electron chi connectivity index (χ3n) is 5.65. The molecule has 0 spiro atoms. The van der Waals surface area contributed by atoms with E-state index in [1.54, 1.807) is 12.1 Å². The highest BCUT2D eigenvalue weighted by molar-refractivity contribution is 5.82. The largest absolute Gasteiger partial charge is 0.511 e. The molecule has 0 aliphatic rings. The van der Waals surface area contributed by atoms with E-state index in [0.717, 1.165) is 17.3 Å². The van der Waals surface area contributed by atoms with E-state index in [9.17, 15) is 4.79 Å². The first-order valence-corrected chi connectivity index (χ1v) is 11.7. The second-order valence-corrected chi connectivity index (χ2v) is 8.26. The Morgan fingerprint density at radius 3 is 1.93 bits per heavy atom. The molecule has 2 rings (SSSR count). The van der Waals surface area contributed by atoms with Crippen molar-refractivity contribution in [3.63, 3.8) is 0 Å². The summed E-state index contributed by atoms with van der Waals surface area (Å²) >= 11 is 0. The minimum atomic E-state index is -1.28. The van der Waals surface area contributed by atoms with Crippen LogP contribution in [0.4, 0.5) is 4.79 Å². The molecule has 4 nitrogen and oxygen atoms in total. The van der Waals surface area contributed by atoms with Crippen molar-refractivity contribution in [3.8, 4) is 5.75 Å². The average molecular weight is 402 g/mol. The number of benzene rings is 1. The van der Waals surface area contributed by atoms with Crippen molar-refractivity contribution >= 4 is 17.1 Å². The monoisotopic (exact) mass is 401 g/mol. The van der Waals surface area contributed by atoms with Crippen LogP contribution in [0.1, 0.15) is 103 Å². The third-order valence-corrected chi connectivity index (χ3v) is 5.65. The first-order valence-electron chi connectivity index (χ1n) is 11.7. The molecule has 0 radical (unpaired) electrons. The van der Waals surface area contributed by atoms with Gasteiger partial charge in [-0.3, -0.25) is 0 Å². The maximum Gasteiger partial charge on any atom is 0.511 e. The number of H-pyrrole nitrogens is 1. The summed E-state index contributed by atoms with van der Waals surface area (Å²) in [5.41, 5.74) is 2.24. The maximum atomic E-state index is 10.6. The van der Waals surface area contributed by atoms with Crippen molar-refractivity contribution in [2.45, 2.75) is 103 Å². The molecule has 0 saturated heterocycles. The number of carbonyl (C=O) groups is 1. The van der Waals surface area contributed by atoms with E-state index < -0.39 is 6.16 Å². The number of hydrogen-bond acceptors (Lipinski definition) is 2. The molecule has 2 N–H and O–H groups in total. The maximum absolute atomic E-state index is 10.6. The highest BCUT2D eigenvalue weighted by atomic mass is 16.7. The zero-order chi connectivity index (χ0) is 20.7. The Hall–Kier alpha value is -1.97. The number of fused-ring (bicyclic) bond motifs is 1. The van der Waals surface area contributed by atoms with Crippen molar-refractivity contribution < 1.29 is 14.6 Å². The van der Waals surface area contributed by atoms with E-state index in [1.165, 1.54) is 95.6 Å². The lowest BCUT2D eigenvalue weighted by molar-refractivity contribution is 0.144. The van der Waals surface area contributed by atoms with Crippen molar-refractivity contribution in [1.82, 2.24) is 4.98 Å². The van der Waals surface area contributed by atoms with Crippen LogP contribution >= 0.6 is 0 Å². The average Bonchev–Trinajstić information content (AvgIpc) is 3.10. The molecule has 4 heteroatoms. The fourth-order valence-electron chi connectivity index (χ4n) is 3.98. The van der Waals surface area contributed by atoms with Crippen LogP contribution in [0.25, 0.3) is 10.9 Å². The van der Waals surface area contributed by atoms with E-state index in [2.05, 4.69) is 18.0 Å². The Morgan fingerprint density at radius 1 is 0.828 bits per heavy atom. The highest BCUT2D eigenvalue weighted by Crippen LogP contribution is 2.23. The summed E-state index contributed by atoms with van der Waals surface area (Å²) in [6, 6.07) is 7.44. The van der Waals surface area contributed by atoms with Crippen LogP contribution in [0.2, 0.25) is 0 Å². The molecule has 1 aromatic heterocycles. The Labute approximate surface area is 176 Å². The Morgan fingerprint density at radius 2 is 1.38 bits per heavy atom. The molecule has 0 bridgehead atoms. The summed E-state index contributed by atoms with van der Waals surface area (Å²) in [4.78, 5) is 14.1. The minimum Gasteiger partial charge on any atom is -0.449 e. The van der Waals surface area contributed by atoms with E-state index in [-0.39, 0.29) is 0 Å². The standard InChI is InChI=1S/C25H39NO3/c1-2-3-4-5-6-7-8-9-10-11-12-13-14-15-16-22-19-21-20-23(29-25(27)28)17-18-24(21)26-22/h17-20,26H,2-16H2,1H3,(H,27,28). The molecule has 0 saturated carbocycles. The van der Waals surface area contributed by atoms with Crippen molar-refractivity contribution in [3.05, 3.63) is 30.0 Å². The second kappa shape index (κ2) is 14.1. The van der Waals surface area contributed by atoms with Gasteiger partial charge in [0.15, 0.2) is 0 Å². The zero-order valence-corrected chi connectivity index (χ0v) is 18.2. The van der Waals surface area contributed by atoms with E-state index in [0.29, 0.717) is 5.75 Å². The summed E-state index contributed by atoms with van der Waals surface area (Å²) in [5, 5.41) is 9.71. The number of hydrogen-bond donors (Lipinski definition) is 2. The summed E-state index contributed by atoms with van der Waals surface area (Å²) < 4.78 is 4.72. The fourth-order valence-corrected chi connectivity index (χ4v) is 3.98. The van der Waals surface area contributed by atoms with E-state index >= 15 is 0 Å². The van der Waals surface area contributed by atoms with Crippen LogP contribution in [0.15, 0.2) is 24.3 Å². The lowest BCUT2D eigenvalue weighted by Crippen LogP contribution is -2.02. The molecule has 0 atom stereocenters. The lowest BCUT2D eigenvalue weighted by atomic mass is 10.0. The van der Waals surface area contributed by atoms with Crippen molar-refractivity contribution in [1.29, 1.82) is 0 Å². The van der Waals surface area contributed by atoms with Gasteiger partial charge in [0.1, 0.15) is 5.75 Å². The van der Waals surface area contributed by atoms with Crippen LogP contribution in [0.3, 0.4) is 0 Å². The highest BCUT2D eigenvalue weighted by Gasteiger charge is 2.05. The molecule has 1 heterocycles. The molecule has 0 aliphatic heterocycles. The topological polar surface area (TPSA) is 62.3 Å². The molecular weight excluding hydrogens is 362 g/mol. The molecule has 0 fully saturated rings. The molecule has 0 amide bonds. The van der Waals surface area contributed by atoms with Gasteiger partial charge in [-0.2, -0.15) is 0 Å². The van der Waals surface area contributed by atoms with Gasteiger partial charge >= 0.3 is 6.16 Å². The normalized spacial score (nSPS) is 11.2. The summed E-state index contributed by atoms with van der Waals surface area (Å²) in [7, 11) is 0. The van der Waals surface area contributed by atoms with Crippen molar-refractivity contribution in [2.24, 2.45) is 0 Å². The van der Waals surface area contributed by atoms with Gasteiger partial charge in [-0.15, -0.1) is 0 Å². The van der Waals surface area contributed by atoms with Gasteiger partial charge in [0.05, 0.1) is 0 Å². The molecule has 162 valence electrons. The molecule has 1 aromatic carbocycles. The van der Waals surface area contributed by atoms with Gasteiger partial charge in [0.25, 0.3) is 0 Å². The summed E-state index contributed by atoms with van der Waals surface area (Å²) in [6.45, 7) is 2.28. The predicted octanol–water partition coefficient (Wildman–Crippen LogP) is 8.25. The molecule has 2 aromatic rings. The summed E-state index contributed by atoms with van der Waals surface area (Å²) in [5.74, 6) is 0.368. The van der Waals surface area contributed by atoms with Crippen LogP contribution in [-0.2, 0) is 6.42 Å². The fraction of sp³-hybridized carbons (Fsp3) is 0.640. The number of carboxylic acid groups (broad SMARTS) is 1. The van der Waals surface area contributed by atoms with Crippen LogP contribution < -0.4 is 4.74 Å². The number of aryl methyl sites for hydroxylation is 1. The predicted molar refractivity (Wildman–Crippen MR) is 121 cm³/mol. The first-order chi connectivity index (χ1) is 14.2. The zero-order valence-electron chi connectivity index (χ0n) is 18.2. The van der Waals surface area contributed by atoms with Crippen LogP contribution in [-0.4, -0.2) is 16.2 Å². The molecule has 0 unspecified atom stereocenters. The SMILES string of the molecule is CCCCCCCCCCCCCCCCc1cc2cc(OC(=O)O)ccc2[nH]1. The molecular formula is C25H39NO3. The lowest BCUT2D eigenvalue weighted by Gasteiger charge is -2.03. The van der Waals surface area contributed by atoms with Gasteiger partial charge in [-0.25, -0.2) is 4.79 Å². The molecule has 0 aliphatic carbocycles. The quantitative estimate of drug-likeness (QED) is 0.169. The number of unbranched alkanes of at least 4 members (excludes halogenated alkanes) is 13. The Bertz CT molecular complexity index is 707. The van der Waals surface area contributed by atoms with Gasteiger partial charge in [0.2, 0.25) is 0 Å². The third kappa shape index (κ3) is 9.87. The summed E-state index contributed by atoms with van der Waals surface area (Å²) in [6.07, 6.45) is 19.0. The first kappa shape index (κ1) is 23.3. The number of ether oxygens (including phenoxy) is 1. The van der Waals surface area contributed by atoms with Gasteiger partial charge in [0, 0.05) is 16.6 Å². The van der Waals surface area contributed by atoms with Crippen LogP contribution in [0.5, 0.6) is 5.75 Å². The van der Waals surface area contributed by atoms with Crippen LogP contribution in [0, 0.1) is 0 Å². The van der Waals surface area contributed by atoms with Gasteiger partial charge in [-0.1, -0.05) is 90.4 Å². The number of rotatable bonds is 16. The van der Waals surface area contributed by atoms with E-state index in [4.69, 9.17) is 9.84 Å². The number of aromatic nitrogens is 1. The second-order valence-electron chi connectivity index (χ2n) is 8.26. The Kier molecular flexibility index (Phi) is 11.3. The van der Waals surface area contributed by atoms with E-state index in [1.807, 2.05) is 6.07 Å². The van der Waals surface area contributed by atoms with Gasteiger partial charge < -0.3 is 14.8 Å². The Balaban J connectivity index is 1.48. The van der Waals surface area contributed by atoms with Gasteiger partial charge in [-0.05, 0) is 37.1 Å². The number of nitrogens with one attached hydrogen (secondary N) is 1. The number of aromatic amines is 1. The molecule has 29 heavy (non-hydrogen) atoms. The smallest absolute Gasteiger partial charge is 0.449 e.